The number of hydrogen-bond acceptors (Lipinski definition) is 3. The average molecular weight is 336 g/mol. The molecular weight excluding hydrogens is 320 g/mol. The molecule has 1 unspecified atom stereocenters. The van der Waals surface area contributed by atoms with Gasteiger partial charge >= 0.3 is 0 Å². The number of benzene rings is 1. The maximum atomic E-state index is 11.5. The molecule has 0 aliphatic carbocycles. The van der Waals surface area contributed by atoms with Gasteiger partial charge in [-0.3, -0.25) is 4.79 Å². The topological polar surface area (TPSA) is 64.3 Å². The summed E-state index contributed by atoms with van der Waals surface area (Å²) in [7, 11) is 1.51. The number of nitrogens with one attached hydrogen (secondary N) is 1. The van der Waals surface area contributed by atoms with Crippen molar-refractivity contribution in [1.82, 2.24) is 5.32 Å². The third-order valence-electron chi connectivity index (χ3n) is 2.38. The summed E-state index contributed by atoms with van der Waals surface area (Å²) < 4.78 is 5.79. The lowest BCUT2D eigenvalue weighted by Crippen LogP contribution is -2.44. The third kappa shape index (κ3) is 4.94. The van der Waals surface area contributed by atoms with Crippen molar-refractivity contribution in [2.24, 2.45) is 5.73 Å². The van der Waals surface area contributed by atoms with Crippen LogP contribution in [0.5, 0.6) is 0 Å². The molecule has 0 aromatic heterocycles. The van der Waals surface area contributed by atoms with Gasteiger partial charge in [0.15, 0.2) is 0 Å². The number of ether oxygens (including phenoxy) is 1. The largest absolute Gasteiger partial charge is 0.383 e. The van der Waals surface area contributed by atoms with Crippen molar-refractivity contribution in [2.45, 2.75) is 12.5 Å². The van der Waals surface area contributed by atoms with Crippen molar-refractivity contribution in [3.05, 3.63) is 33.3 Å². The highest BCUT2D eigenvalue weighted by Gasteiger charge is 2.12. The Labute approximate surface area is 120 Å². The van der Waals surface area contributed by atoms with Gasteiger partial charge in [0.1, 0.15) is 6.04 Å². The molecule has 1 amide bonds. The molecule has 0 heterocycles. The summed E-state index contributed by atoms with van der Waals surface area (Å²) in [6, 6.07) is 4.93. The smallest absolute Gasteiger partial charge is 0.239 e. The van der Waals surface area contributed by atoms with E-state index in [1.165, 1.54) is 7.11 Å². The summed E-state index contributed by atoms with van der Waals surface area (Å²) in [6.45, 7) is 0.724. The minimum absolute atomic E-state index is 0.213. The third-order valence-corrected chi connectivity index (χ3v) is 3.39. The molecule has 6 heteroatoms. The van der Waals surface area contributed by atoms with Gasteiger partial charge in [0, 0.05) is 23.1 Å². The van der Waals surface area contributed by atoms with E-state index < -0.39 is 6.04 Å². The van der Waals surface area contributed by atoms with Crippen molar-refractivity contribution in [1.29, 1.82) is 0 Å². The van der Waals surface area contributed by atoms with Crippen LogP contribution in [0.25, 0.3) is 0 Å². The summed E-state index contributed by atoms with van der Waals surface area (Å²) in [5.74, 6) is -0.213. The summed E-state index contributed by atoms with van der Waals surface area (Å²) >= 11 is 9.34. The predicted molar refractivity (Wildman–Crippen MR) is 75.7 cm³/mol. The van der Waals surface area contributed by atoms with Crippen LogP contribution in [0.15, 0.2) is 22.7 Å². The van der Waals surface area contributed by atoms with Crippen LogP contribution in [0, 0.1) is 0 Å². The quantitative estimate of drug-likeness (QED) is 0.832. The first-order valence-corrected chi connectivity index (χ1v) is 6.68. The zero-order valence-corrected chi connectivity index (χ0v) is 12.4. The lowest BCUT2D eigenvalue weighted by molar-refractivity contribution is -0.123. The minimum atomic E-state index is -0.627. The highest BCUT2D eigenvalue weighted by molar-refractivity contribution is 9.10. The molecule has 0 aliphatic heterocycles. The lowest BCUT2D eigenvalue weighted by Gasteiger charge is -2.11. The maximum absolute atomic E-state index is 11.5. The summed E-state index contributed by atoms with van der Waals surface area (Å²) in [5.41, 5.74) is 6.64. The normalized spacial score (nSPS) is 12.2. The Morgan fingerprint density at radius 3 is 3.00 bits per heavy atom. The van der Waals surface area contributed by atoms with E-state index in [2.05, 4.69) is 21.2 Å². The molecule has 18 heavy (non-hydrogen) atoms. The van der Waals surface area contributed by atoms with E-state index in [0.717, 1.165) is 10.0 Å². The molecule has 1 atom stereocenters. The number of carbonyl (C=O) groups is 1. The van der Waals surface area contributed by atoms with E-state index in [-0.39, 0.29) is 12.5 Å². The van der Waals surface area contributed by atoms with Crippen molar-refractivity contribution < 1.29 is 9.53 Å². The highest BCUT2D eigenvalue weighted by Crippen LogP contribution is 2.21. The van der Waals surface area contributed by atoms with E-state index in [4.69, 9.17) is 22.1 Å². The van der Waals surface area contributed by atoms with Crippen LogP contribution >= 0.6 is 27.5 Å². The fraction of sp³-hybridized carbons (Fsp3) is 0.417. The van der Waals surface area contributed by atoms with Crippen molar-refractivity contribution in [3.63, 3.8) is 0 Å². The van der Waals surface area contributed by atoms with Crippen molar-refractivity contribution >= 4 is 33.4 Å². The second-order valence-electron chi connectivity index (χ2n) is 3.84. The van der Waals surface area contributed by atoms with Gasteiger partial charge in [-0.2, -0.15) is 0 Å². The Hall–Kier alpha value is -0.620. The number of amides is 1. The lowest BCUT2D eigenvalue weighted by atomic mass is 10.1. The molecule has 0 radical (unpaired) electrons. The zero-order chi connectivity index (χ0) is 13.5. The Bertz CT molecular complexity index is 415. The summed E-state index contributed by atoms with van der Waals surface area (Å²) in [5, 5.41) is 3.43. The van der Waals surface area contributed by atoms with Gasteiger partial charge < -0.3 is 15.8 Å². The van der Waals surface area contributed by atoms with Crippen LogP contribution in [0.4, 0.5) is 0 Å². The maximum Gasteiger partial charge on any atom is 0.239 e. The van der Waals surface area contributed by atoms with Crippen LogP contribution in [0.3, 0.4) is 0 Å². The monoisotopic (exact) mass is 334 g/mol. The van der Waals surface area contributed by atoms with Gasteiger partial charge in [0.2, 0.25) is 5.91 Å². The molecule has 4 nitrogen and oxygen atoms in total. The molecule has 0 spiro atoms. The van der Waals surface area contributed by atoms with Gasteiger partial charge in [-0.05, 0) is 30.2 Å². The van der Waals surface area contributed by atoms with Gasteiger partial charge in [-0.15, -0.1) is 0 Å². The predicted octanol–water partition coefficient (Wildman–Crippen LogP) is 1.73. The molecule has 1 aromatic rings. The molecule has 1 rings (SSSR count). The number of rotatable bonds is 6. The number of methoxy groups -OCH3 is 1. The molecule has 100 valence electrons. The van der Waals surface area contributed by atoms with Crippen molar-refractivity contribution in [3.8, 4) is 0 Å². The van der Waals surface area contributed by atoms with Crippen molar-refractivity contribution in [2.75, 3.05) is 20.3 Å². The SMILES string of the molecule is COCC(N)C(=O)NCCc1cc(Cl)ccc1Br. The minimum Gasteiger partial charge on any atom is -0.383 e. The van der Waals surface area contributed by atoms with E-state index in [9.17, 15) is 4.79 Å². The van der Waals surface area contributed by atoms with Gasteiger partial charge in [-0.25, -0.2) is 0 Å². The first-order chi connectivity index (χ1) is 8.54. The van der Waals surface area contributed by atoms with Gasteiger partial charge in [0.25, 0.3) is 0 Å². The molecule has 1 aromatic carbocycles. The van der Waals surface area contributed by atoms with Crippen LogP contribution in [-0.4, -0.2) is 32.2 Å². The number of halogens is 2. The Balaban J connectivity index is 2.42. The molecule has 0 aliphatic rings. The number of nitrogens with two attached hydrogens (primary N) is 1. The molecule has 0 fully saturated rings. The number of hydrogen-bond donors (Lipinski definition) is 2. The second-order valence-corrected chi connectivity index (χ2v) is 5.13. The second kappa shape index (κ2) is 7.74. The molecule has 3 N–H and O–H groups in total. The average Bonchev–Trinajstić information content (AvgIpc) is 2.33. The van der Waals surface area contributed by atoms with E-state index in [0.29, 0.717) is 18.0 Å². The van der Waals surface area contributed by atoms with Gasteiger partial charge in [-0.1, -0.05) is 27.5 Å². The number of carbonyl (C=O) groups excluding carboxylic acids is 1. The van der Waals surface area contributed by atoms with Crippen LogP contribution in [-0.2, 0) is 16.0 Å². The Morgan fingerprint density at radius 2 is 2.33 bits per heavy atom. The first-order valence-electron chi connectivity index (χ1n) is 5.50. The van der Waals surface area contributed by atoms with E-state index in [1.54, 1.807) is 0 Å². The molecule has 0 bridgehead atoms. The van der Waals surface area contributed by atoms with Crippen LogP contribution < -0.4 is 11.1 Å². The summed E-state index contributed by atoms with van der Waals surface area (Å²) in [4.78, 5) is 11.5. The standard InChI is InChI=1S/C12H16BrClN2O2/c1-18-7-11(15)12(17)16-5-4-8-6-9(14)2-3-10(8)13/h2-3,6,11H,4-5,7,15H2,1H3,(H,16,17). The molecule has 0 saturated heterocycles. The van der Waals surface area contributed by atoms with E-state index >= 15 is 0 Å². The summed E-state index contributed by atoms with van der Waals surface area (Å²) in [6.07, 6.45) is 0.687. The van der Waals surface area contributed by atoms with E-state index in [1.807, 2.05) is 18.2 Å². The zero-order valence-electron chi connectivity index (χ0n) is 10.1. The fourth-order valence-corrected chi connectivity index (χ4v) is 2.08. The van der Waals surface area contributed by atoms with Crippen LogP contribution in [0.2, 0.25) is 5.02 Å². The Kier molecular flexibility index (Phi) is 6.63. The molecular formula is C12H16BrClN2O2. The molecule has 0 saturated carbocycles. The fourth-order valence-electron chi connectivity index (χ4n) is 1.44. The highest BCUT2D eigenvalue weighted by atomic mass is 79.9. The van der Waals surface area contributed by atoms with Gasteiger partial charge in [0.05, 0.1) is 6.61 Å². The Morgan fingerprint density at radius 1 is 1.61 bits per heavy atom. The van der Waals surface area contributed by atoms with Crippen LogP contribution in [0.1, 0.15) is 5.56 Å². The first kappa shape index (κ1) is 15.4.